The van der Waals surface area contributed by atoms with E-state index in [1.54, 1.807) is 23.8 Å². The molecular formula is C27H30ClFN5O2+. The Morgan fingerprint density at radius 1 is 1.03 bits per heavy atom. The lowest BCUT2D eigenvalue weighted by Gasteiger charge is -2.31. The number of rotatable bonds is 6. The summed E-state index contributed by atoms with van der Waals surface area (Å²) in [6.07, 6.45) is 3.21. The van der Waals surface area contributed by atoms with Crippen molar-refractivity contribution in [1.82, 2.24) is 14.7 Å². The van der Waals surface area contributed by atoms with Crippen LogP contribution in [0.15, 0.2) is 53.5 Å². The van der Waals surface area contributed by atoms with Crippen LogP contribution in [-0.4, -0.2) is 82.7 Å². The van der Waals surface area contributed by atoms with Gasteiger partial charge in [0.15, 0.2) is 0 Å². The largest absolute Gasteiger partial charge is 0.333 e. The molecule has 0 spiro atoms. The molecule has 0 bridgehead atoms. The lowest BCUT2D eigenvalue weighted by atomic mass is 9.90. The second-order valence-electron chi connectivity index (χ2n) is 9.76. The predicted octanol–water partition coefficient (Wildman–Crippen LogP) is 3.65. The minimum atomic E-state index is -0.793. The van der Waals surface area contributed by atoms with Crippen LogP contribution in [0.1, 0.15) is 24.0 Å². The molecule has 2 aromatic rings. The highest BCUT2D eigenvalue weighted by Crippen LogP contribution is 2.26. The Labute approximate surface area is 215 Å². The molecule has 36 heavy (non-hydrogen) atoms. The van der Waals surface area contributed by atoms with E-state index in [2.05, 4.69) is 29.2 Å². The molecule has 188 valence electrons. The molecule has 3 heterocycles. The summed E-state index contributed by atoms with van der Waals surface area (Å²) in [7, 11) is 3.07. The minimum absolute atomic E-state index is 0.0879. The van der Waals surface area contributed by atoms with Crippen molar-refractivity contribution in [2.45, 2.75) is 31.8 Å². The first-order valence-corrected chi connectivity index (χ1v) is 12.7. The maximum absolute atomic E-state index is 14.7. The van der Waals surface area contributed by atoms with Gasteiger partial charge in [-0.3, -0.25) is 19.5 Å². The Kier molecular flexibility index (Phi) is 6.90. The predicted molar refractivity (Wildman–Crippen MR) is 137 cm³/mol. The topological polar surface area (TPSA) is 59.2 Å². The van der Waals surface area contributed by atoms with Crippen LogP contribution in [0.5, 0.6) is 0 Å². The van der Waals surface area contributed by atoms with E-state index in [0.717, 1.165) is 37.3 Å². The SMILES string of the molecule is CN1C(=O)C2C(=NC(CN3CCC(Cc4ccccc4)CC3)=[N+]2Cc2c(F)cccc2Cl)N(C)C1=O. The smallest absolute Gasteiger partial charge is 0.292 e. The van der Waals surface area contributed by atoms with E-state index >= 15 is 0 Å². The summed E-state index contributed by atoms with van der Waals surface area (Å²) < 4.78 is 16.5. The van der Waals surface area contributed by atoms with Crippen LogP contribution in [0.3, 0.4) is 0 Å². The van der Waals surface area contributed by atoms with E-state index in [4.69, 9.17) is 16.6 Å². The number of nitrogens with zero attached hydrogens (tertiary/aromatic N) is 5. The monoisotopic (exact) mass is 510 g/mol. The zero-order valence-electron chi connectivity index (χ0n) is 20.5. The Morgan fingerprint density at radius 2 is 1.75 bits per heavy atom. The van der Waals surface area contributed by atoms with Crippen molar-refractivity contribution in [3.63, 3.8) is 0 Å². The van der Waals surface area contributed by atoms with Crippen molar-refractivity contribution >= 4 is 35.2 Å². The zero-order chi connectivity index (χ0) is 25.4. The number of amidine groups is 2. The van der Waals surface area contributed by atoms with Crippen molar-refractivity contribution < 1.29 is 18.6 Å². The first-order chi connectivity index (χ1) is 17.3. The number of aliphatic imine (C=N–C) groups is 1. The van der Waals surface area contributed by atoms with Crippen molar-refractivity contribution in [3.05, 3.63) is 70.5 Å². The quantitative estimate of drug-likeness (QED) is 0.557. The number of halogens is 2. The highest BCUT2D eigenvalue weighted by atomic mass is 35.5. The molecule has 2 fully saturated rings. The number of likely N-dealkylation sites (N-methyl/N-ethyl adjacent to an activating group) is 2. The maximum atomic E-state index is 14.7. The number of hydrogen-bond acceptors (Lipinski definition) is 4. The minimum Gasteiger partial charge on any atom is -0.292 e. The number of benzene rings is 2. The van der Waals surface area contributed by atoms with Gasteiger partial charge in [0.2, 0.25) is 0 Å². The van der Waals surface area contributed by atoms with Gasteiger partial charge in [-0.15, -0.1) is 0 Å². The van der Waals surface area contributed by atoms with Gasteiger partial charge in [-0.25, -0.2) is 13.8 Å². The first-order valence-electron chi connectivity index (χ1n) is 12.3. The van der Waals surface area contributed by atoms with E-state index in [1.807, 2.05) is 6.07 Å². The summed E-state index contributed by atoms with van der Waals surface area (Å²) in [5.74, 6) is 0.848. The molecular weight excluding hydrogens is 481 g/mol. The maximum Gasteiger partial charge on any atom is 0.333 e. The van der Waals surface area contributed by atoms with Crippen LogP contribution in [0.2, 0.25) is 5.02 Å². The van der Waals surface area contributed by atoms with Gasteiger partial charge in [-0.1, -0.05) is 48.0 Å². The summed E-state index contributed by atoms with van der Waals surface area (Å²) in [5, 5.41) is 0.297. The number of likely N-dealkylation sites (tertiary alicyclic amines) is 1. The molecule has 5 rings (SSSR count). The molecule has 0 saturated carbocycles. The van der Waals surface area contributed by atoms with E-state index < -0.39 is 17.9 Å². The highest BCUT2D eigenvalue weighted by molar-refractivity contribution is 6.31. The Morgan fingerprint density at radius 3 is 2.44 bits per heavy atom. The molecule has 9 heteroatoms. The van der Waals surface area contributed by atoms with Crippen molar-refractivity contribution in [2.75, 3.05) is 33.7 Å². The molecule has 2 aromatic carbocycles. The lowest BCUT2D eigenvalue weighted by Crippen LogP contribution is -2.61. The number of carbonyl (C=O) groups excluding carboxylic acids is 2. The van der Waals surface area contributed by atoms with Crippen LogP contribution >= 0.6 is 11.6 Å². The number of carbonyl (C=O) groups is 2. The zero-order valence-corrected chi connectivity index (χ0v) is 21.3. The van der Waals surface area contributed by atoms with Gasteiger partial charge in [-0.2, -0.15) is 0 Å². The van der Waals surface area contributed by atoms with Gasteiger partial charge in [-0.05, 0) is 61.0 Å². The Balaban J connectivity index is 1.38. The van der Waals surface area contributed by atoms with E-state index in [1.165, 1.54) is 23.6 Å². The van der Waals surface area contributed by atoms with Crippen LogP contribution in [0.4, 0.5) is 9.18 Å². The molecule has 3 aliphatic rings. The van der Waals surface area contributed by atoms with Gasteiger partial charge in [0.1, 0.15) is 18.9 Å². The standard InChI is InChI=1S/C27H30ClFN5O2/c1-31-25-24(26(35)32(2)27(31)36)34(16-20-21(28)9-6-10-22(20)29)23(30-25)17-33-13-11-19(12-14-33)15-18-7-4-3-5-8-18/h3-10,19,24H,11-17H2,1-2H3/q+1. The Hall–Kier alpha value is -3.10. The summed E-state index contributed by atoms with van der Waals surface area (Å²) in [6, 6.07) is 13.9. The number of piperidine rings is 1. The molecule has 1 unspecified atom stereocenters. The molecule has 2 saturated heterocycles. The average Bonchev–Trinajstić information content (AvgIpc) is 3.23. The summed E-state index contributed by atoms with van der Waals surface area (Å²) >= 11 is 6.34. The lowest BCUT2D eigenvalue weighted by molar-refractivity contribution is -0.552. The van der Waals surface area contributed by atoms with Crippen LogP contribution in [0, 0.1) is 11.7 Å². The van der Waals surface area contributed by atoms with Crippen molar-refractivity contribution in [3.8, 4) is 0 Å². The number of imide groups is 1. The summed E-state index contributed by atoms with van der Waals surface area (Å²) in [5.41, 5.74) is 1.67. The van der Waals surface area contributed by atoms with Crippen molar-refractivity contribution in [2.24, 2.45) is 10.9 Å². The summed E-state index contributed by atoms with van der Waals surface area (Å²) in [4.78, 5) is 35.3. The number of hydrogen-bond donors (Lipinski definition) is 0. The second-order valence-corrected chi connectivity index (χ2v) is 10.2. The van der Waals surface area contributed by atoms with Gasteiger partial charge >= 0.3 is 11.9 Å². The average molecular weight is 511 g/mol. The molecule has 0 radical (unpaired) electrons. The second kappa shape index (κ2) is 10.1. The molecule has 1 atom stereocenters. The normalized spacial score (nSPS) is 21.3. The Bertz CT molecular complexity index is 1220. The van der Waals surface area contributed by atoms with Gasteiger partial charge in [0.05, 0.1) is 5.02 Å². The molecule has 0 aromatic heterocycles. The number of fused-ring (bicyclic) bond motifs is 1. The molecule has 0 aliphatic carbocycles. The molecule has 3 amide bonds. The van der Waals surface area contributed by atoms with E-state index in [-0.39, 0.29) is 12.5 Å². The fourth-order valence-electron chi connectivity index (χ4n) is 5.31. The molecule has 0 N–H and O–H groups in total. The first kappa shape index (κ1) is 24.6. The molecule has 3 aliphatic heterocycles. The van der Waals surface area contributed by atoms with Crippen LogP contribution in [0.25, 0.3) is 0 Å². The van der Waals surface area contributed by atoms with Gasteiger partial charge in [0.25, 0.3) is 17.8 Å². The van der Waals surface area contributed by atoms with Gasteiger partial charge < -0.3 is 0 Å². The fraction of sp³-hybridized carbons (Fsp3) is 0.407. The fourth-order valence-corrected chi connectivity index (χ4v) is 5.53. The van der Waals surface area contributed by atoms with Crippen LogP contribution in [-0.2, 0) is 17.8 Å². The number of amides is 3. The van der Waals surface area contributed by atoms with Crippen LogP contribution < -0.4 is 0 Å². The third-order valence-electron chi connectivity index (χ3n) is 7.44. The highest BCUT2D eigenvalue weighted by Gasteiger charge is 2.53. The van der Waals surface area contributed by atoms with Crippen molar-refractivity contribution in [1.29, 1.82) is 0 Å². The van der Waals surface area contributed by atoms with E-state index in [9.17, 15) is 14.0 Å². The summed E-state index contributed by atoms with van der Waals surface area (Å²) in [6.45, 7) is 2.43. The molecule has 7 nitrogen and oxygen atoms in total. The van der Waals surface area contributed by atoms with E-state index in [0.29, 0.717) is 34.7 Å². The van der Waals surface area contributed by atoms with Gasteiger partial charge in [0, 0.05) is 19.7 Å². The third-order valence-corrected chi connectivity index (χ3v) is 7.80. The number of urea groups is 1. The third kappa shape index (κ3) is 4.67.